The summed E-state index contributed by atoms with van der Waals surface area (Å²) in [5.74, 6) is -16.9. The maximum Gasteiger partial charge on any atom is 0.248 e. The van der Waals surface area contributed by atoms with Gasteiger partial charge in [-0.25, -0.2) is 38.4 Å². The fraction of sp³-hybridized carbons (Fsp3) is 0.726. The van der Waals surface area contributed by atoms with Crippen molar-refractivity contribution in [3.05, 3.63) is 0 Å². The van der Waals surface area contributed by atoms with Crippen LogP contribution in [0.25, 0.3) is 0 Å². The zero-order valence-electron chi connectivity index (χ0n) is 77.6. The summed E-state index contributed by atoms with van der Waals surface area (Å²) in [4.78, 5) is 294. The number of ether oxygens (including phenoxy) is 8. The largest absolute Gasteiger partial charge is 0.377 e. The second-order valence-corrected chi connectivity index (χ2v) is 27.5. The van der Waals surface area contributed by atoms with Crippen molar-refractivity contribution in [1.29, 1.82) is 0 Å². The first-order chi connectivity index (χ1) is 65.8. The van der Waals surface area contributed by atoms with Gasteiger partial charge in [-0.2, -0.15) is 12.6 Å². The number of thiol groups is 1. The minimum Gasteiger partial charge on any atom is -0.377 e. The molecule has 0 heterocycles. The number of hydroxylamine groups is 7. The Labute approximate surface area is 793 Å². The van der Waals surface area contributed by atoms with E-state index in [4.69, 9.17) is 77.5 Å². The molecule has 0 aliphatic heterocycles. The Morgan fingerprint density at radius 3 is 0.657 bits per heavy atom. The zero-order valence-corrected chi connectivity index (χ0v) is 78.5. The number of nitrogens with one attached hydrogen (secondary N) is 27. The van der Waals surface area contributed by atoms with Gasteiger partial charge in [-0.05, 0) is 7.05 Å². The number of hydrogen-bond acceptors (Lipinski definition) is 44. The third-order valence-electron chi connectivity index (χ3n) is 16.5. The van der Waals surface area contributed by atoms with Gasteiger partial charge in [0, 0.05) is 140 Å². The predicted octanol–water partition coefficient (Wildman–Crippen LogP) is -20.6. The van der Waals surface area contributed by atoms with E-state index in [-0.39, 0.29) is 145 Å². The molecule has 0 saturated heterocycles. The maximum absolute atomic E-state index is 14.5. The molecule has 0 aromatic carbocycles. The van der Waals surface area contributed by atoms with Crippen LogP contribution in [0.4, 0.5) is 0 Å². The van der Waals surface area contributed by atoms with E-state index in [9.17, 15) is 95.9 Å². The second kappa shape index (κ2) is 83.0. The maximum atomic E-state index is 14.5. The van der Waals surface area contributed by atoms with Crippen LogP contribution in [-0.2, 0) is 168 Å². The van der Waals surface area contributed by atoms with E-state index in [1.54, 1.807) is 7.05 Å². The topological polar surface area (TPSA) is 831 Å². The number of carbonyl (C=O) groups is 20. The van der Waals surface area contributed by atoms with Gasteiger partial charge in [0.1, 0.15) is 121 Å². The fourth-order valence-corrected chi connectivity index (χ4v) is 10.1. The average Bonchev–Trinajstić information content (AvgIpc) is 0.866. The summed E-state index contributed by atoms with van der Waals surface area (Å²) in [6.45, 7) is -12.3. The predicted molar refractivity (Wildman–Crippen MR) is 472 cm³/mol. The molecule has 0 aliphatic rings. The number of rotatable bonds is 87. The van der Waals surface area contributed by atoms with Crippen molar-refractivity contribution in [2.45, 2.75) is 54.8 Å². The van der Waals surface area contributed by atoms with Crippen molar-refractivity contribution in [3.8, 4) is 0 Å². The van der Waals surface area contributed by atoms with E-state index < -0.39 is 258 Å². The molecule has 8 atom stereocenters. The van der Waals surface area contributed by atoms with Crippen molar-refractivity contribution >= 4 is 131 Å². The van der Waals surface area contributed by atoms with Gasteiger partial charge in [-0.15, -0.1) is 0 Å². The van der Waals surface area contributed by atoms with E-state index in [2.05, 4.69) is 157 Å². The number of amides is 20. The van der Waals surface area contributed by atoms with Crippen molar-refractivity contribution in [2.75, 3.05) is 293 Å². The molecule has 0 bridgehead atoms. The molecule has 29 N–H and O–H groups in total. The molecule has 20 amide bonds. The average molecular weight is 2000 g/mol. The van der Waals surface area contributed by atoms with Gasteiger partial charge < -0.3 is 150 Å². The van der Waals surface area contributed by atoms with Crippen LogP contribution in [0.3, 0.4) is 0 Å². The van der Waals surface area contributed by atoms with Crippen LogP contribution in [0.5, 0.6) is 0 Å². The molecule has 784 valence electrons. The molecule has 0 fully saturated rings. The lowest BCUT2D eigenvalue weighted by atomic mass is 10.1. The minimum absolute atomic E-state index is 0.0199. The Balaban J connectivity index is 6.92. The molecule has 0 aromatic heterocycles. The lowest BCUT2D eigenvalue weighted by Gasteiger charge is -2.26. The van der Waals surface area contributed by atoms with Crippen LogP contribution in [0.2, 0.25) is 0 Å². The highest BCUT2D eigenvalue weighted by Crippen LogP contribution is 2.00. The van der Waals surface area contributed by atoms with E-state index >= 15 is 0 Å². The summed E-state index contributed by atoms with van der Waals surface area (Å²) < 4.78 is 43.8. The van der Waals surface area contributed by atoms with Gasteiger partial charge in [0.25, 0.3) is 0 Å². The first kappa shape index (κ1) is 126. The summed E-state index contributed by atoms with van der Waals surface area (Å²) in [6, 6.07) is -12.1. The monoisotopic (exact) mass is 2000 g/mol. The molecule has 137 heavy (non-hydrogen) atoms. The number of primary amides is 1. The van der Waals surface area contributed by atoms with E-state index in [0.29, 0.717) is 6.54 Å². The first-order valence-corrected chi connectivity index (χ1v) is 43.0. The van der Waals surface area contributed by atoms with E-state index in [1.165, 1.54) is 49.3 Å². The van der Waals surface area contributed by atoms with Gasteiger partial charge in [-0.3, -0.25) is 130 Å². The van der Waals surface area contributed by atoms with Gasteiger partial charge in [0.05, 0.1) is 79.3 Å². The molecule has 64 heteroatoms. The normalized spacial score (nSPS) is 12.6. The Morgan fingerprint density at radius 1 is 0.212 bits per heavy atom. The van der Waals surface area contributed by atoms with E-state index in [0.717, 1.165) is 0 Å². The molecular weight excluding hydrogens is 1860 g/mol. The highest BCUT2D eigenvalue weighted by molar-refractivity contribution is 7.80. The first-order valence-electron chi connectivity index (χ1n) is 42.4. The second-order valence-electron chi connectivity index (χ2n) is 27.1. The van der Waals surface area contributed by atoms with Crippen LogP contribution in [0.1, 0.15) is 6.42 Å². The Hall–Kier alpha value is -11.2. The summed E-state index contributed by atoms with van der Waals surface area (Å²) >= 11 is 4.08. The molecule has 0 radical (unpaired) electrons. The lowest BCUT2D eigenvalue weighted by Crippen LogP contribution is -2.62. The fourth-order valence-electron chi connectivity index (χ4n) is 9.81. The Bertz CT molecular complexity index is 3610. The van der Waals surface area contributed by atoms with Gasteiger partial charge >= 0.3 is 0 Å². The van der Waals surface area contributed by atoms with Crippen LogP contribution in [0.15, 0.2) is 0 Å². The standard InChI is InChI=1S/C73H136N28O35S/c1-75-10-9-54(102)94-46(27-89-57(105)38-130-76-2)67(115)83-11-15-122-20-24-127-35-56(104)88-32-51(99-62(110)37-129-26-22-125-18-14-86-70(118)49(98-65(113)44-136-82-8)30-92-60(108)41-133-79-5)72(120)100-52(73(121)101-53(45-137)66(74)114)33-93-71(119)50(95-61(109)36-128-25-21-124-17-13-85-69(117)48(97-64(112)43-135-81-7)29-91-59(107)40-132-78-4)31-87-55(103)34-126-23-19-123-16-12-84-68(116)47(96-63(111)42-134-80-6)28-90-58(106)39-131-77-3/h46-53,75-82,137H,9-45H2,1-8H3,(H2,74,114)(H,83,115)(H,84,116)(H,85,117)(H,86,118)(H,87,103)(H,88,104)(H,89,105)(H,90,106)(H,91,107)(H,92,108)(H,93,119)(H,94,102)(H,95,109)(H,96,111)(H,97,112)(H,98,113)(H,99,110)(H,100,120)(H,101,121). The SMILES string of the molecule is CNCCC(=O)NC(CNC(=O)CONC)C(=O)NCCOCCOCC(=O)NCC(NC(=O)COCCOCCNC(=O)C(CNC(=O)CONC)NC(=O)CONC)C(=O)NC(CNC(=O)C(CNC(=O)COCCOCCNC(=O)C(CNC(=O)CONC)NC(=O)CONC)NC(=O)COCCOCCNC(=O)C(CNC(=O)CONC)NC(=O)CONC)C(=O)NC(CS)C(N)=O. The highest BCUT2D eigenvalue weighted by Gasteiger charge is 2.33. The van der Waals surface area contributed by atoms with Gasteiger partial charge in [-0.1, -0.05) is 0 Å². The van der Waals surface area contributed by atoms with Crippen LogP contribution < -0.4 is 150 Å². The quantitative estimate of drug-likeness (QED) is 0.0153. The van der Waals surface area contributed by atoms with Crippen molar-refractivity contribution in [3.63, 3.8) is 0 Å². The van der Waals surface area contributed by atoms with Crippen molar-refractivity contribution < 1.29 is 168 Å². The van der Waals surface area contributed by atoms with Crippen molar-refractivity contribution in [2.24, 2.45) is 5.73 Å². The summed E-state index contributed by atoms with van der Waals surface area (Å²) in [7, 11) is 11.5. The Morgan fingerprint density at radius 2 is 0.409 bits per heavy atom. The lowest BCUT2D eigenvalue weighted by molar-refractivity contribution is -0.135. The van der Waals surface area contributed by atoms with Gasteiger partial charge in [0.15, 0.2) is 0 Å². The minimum atomic E-state index is -1.97. The van der Waals surface area contributed by atoms with E-state index in [1.807, 2.05) is 0 Å². The smallest absolute Gasteiger partial charge is 0.248 e. The number of nitrogens with two attached hydrogens (primary N) is 1. The third-order valence-corrected chi connectivity index (χ3v) is 16.9. The molecule has 8 unspecified atom stereocenters. The van der Waals surface area contributed by atoms with Crippen LogP contribution in [0, 0.1) is 0 Å². The molecule has 0 aliphatic carbocycles. The van der Waals surface area contributed by atoms with Crippen molar-refractivity contribution in [1.82, 2.24) is 145 Å². The summed E-state index contributed by atoms with van der Waals surface area (Å²) in [6.07, 6.45) is 0.0199. The molecule has 0 aromatic rings. The van der Waals surface area contributed by atoms with Crippen LogP contribution >= 0.6 is 12.6 Å². The summed E-state index contributed by atoms with van der Waals surface area (Å²) in [5, 5.41) is 49.1. The number of hydrogen-bond donors (Lipinski definition) is 29. The molecule has 0 rings (SSSR count). The molecule has 63 nitrogen and oxygen atoms in total. The Kier molecular flexibility index (Phi) is 76.3. The molecule has 0 saturated carbocycles. The highest BCUT2D eigenvalue weighted by atomic mass is 32.1. The number of carbonyl (C=O) groups excluding carboxylic acids is 20. The van der Waals surface area contributed by atoms with Crippen LogP contribution in [-0.4, -0.2) is 459 Å². The molecular formula is C73H136N28O35S. The van der Waals surface area contributed by atoms with Gasteiger partial charge in [0.2, 0.25) is 118 Å². The molecule has 0 spiro atoms. The zero-order chi connectivity index (χ0) is 102. The summed E-state index contributed by atoms with van der Waals surface area (Å²) in [5.41, 5.74) is 21.7. The third kappa shape index (κ3) is 68.5.